The Hall–Kier alpha value is -1.06. The second-order valence-corrected chi connectivity index (χ2v) is 4.79. The molecule has 18 heavy (non-hydrogen) atoms. The van der Waals surface area contributed by atoms with Gasteiger partial charge in [0.2, 0.25) is 0 Å². The van der Waals surface area contributed by atoms with Gasteiger partial charge in [-0.05, 0) is 49.9 Å². The van der Waals surface area contributed by atoms with E-state index >= 15 is 0 Å². The molecule has 3 nitrogen and oxygen atoms in total. The Labute approximate surface area is 109 Å². The zero-order valence-corrected chi connectivity index (χ0v) is 11.2. The smallest absolute Gasteiger partial charge is 0.118 e. The molecule has 100 valence electrons. The van der Waals surface area contributed by atoms with Crippen molar-refractivity contribution in [3.05, 3.63) is 29.8 Å². The topological polar surface area (TPSA) is 30.5 Å². The highest BCUT2D eigenvalue weighted by molar-refractivity contribution is 5.27. The van der Waals surface area contributed by atoms with Crippen molar-refractivity contribution in [2.75, 3.05) is 26.9 Å². The number of rotatable bonds is 5. The quantitative estimate of drug-likeness (QED) is 0.869. The molecular weight excluding hydrogens is 226 g/mol. The minimum Gasteiger partial charge on any atom is -0.497 e. The Kier molecular flexibility index (Phi) is 5.49. The Morgan fingerprint density at radius 2 is 2.06 bits per heavy atom. The van der Waals surface area contributed by atoms with Gasteiger partial charge in [0.15, 0.2) is 0 Å². The van der Waals surface area contributed by atoms with E-state index in [4.69, 9.17) is 9.47 Å². The van der Waals surface area contributed by atoms with Crippen LogP contribution in [-0.2, 0) is 11.2 Å². The molecule has 1 fully saturated rings. The van der Waals surface area contributed by atoms with Gasteiger partial charge in [-0.15, -0.1) is 0 Å². The lowest BCUT2D eigenvalue weighted by molar-refractivity contribution is 0.142. The normalized spacial score (nSPS) is 20.4. The molecule has 1 aromatic rings. The van der Waals surface area contributed by atoms with Crippen molar-refractivity contribution in [3.8, 4) is 5.75 Å². The van der Waals surface area contributed by atoms with Gasteiger partial charge >= 0.3 is 0 Å². The fourth-order valence-electron chi connectivity index (χ4n) is 2.32. The van der Waals surface area contributed by atoms with Crippen LogP contribution < -0.4 is 10.1 Å². The highest BCUT2D eigenvalue weighted by atomic mass is 16.5. The van der Waals surface area contributed by atoms with Crippen LogP contribution in [0.1, 0.15) is 24.8 Å². The van der Waals surface area contributed by atoms with E-state index < -0.39 is 0 Å². The minimum atomic E-state index is 0.630. The van der Waals surface area contributed by atoms with Gasteiger partial charge in [-0.1, -0.05) is 12.1 Å². The molecule has 0 radical (unpaired) electrons. The monoisotopic (exact) mass is 249 g/mol. The maximum atomic E-state index is 5.46. The van der Waals surface area contributed by atoms with Crippen LogP contribution in [0.15, 0.2) is 24.3 Å². The molecule has 1 N–H and O–H groups in total. The molecule has 1 saturated heterocycles. The summed E-state index contributed by atoms with van der Waals surface area (Å²) in [6.07, 6.45) is 4.63. The zero-order chi connectivity index (χ0) is 12.6. The minimum absolute atomic E-state index is 0.630. The van der Waals surface area contributed by atoms with Crippen LogP contribution in [0.3, 0.4) is 0 Å². The van der Waals surface area contributed by atoms with Gasteiger partial charge in [0.1, 0.15) is 5.75 Å². The molecule has 0 bridgehead atoms. The van der Waals surface area contributed by atoms with E-state index in [2.05, 4.69) is 17.4 Å². The van der Waals surface area contributed by atoms with Crippen LogP contribution in [0.2, 0.25) is 0 Å². The second-order valence-electron chi connectivity index (χ2n) is 4.79. The fourth-order valence-corrected chi connectivity index (χ4v) is 2.32. The average molecular weight is 249 g/mol. The largest absolute Gasteiger partial charge is 0.497 e. The summed E-state index contributed by atoms with van der Waals surface area (Å²) >= 11 is 0. The molecule has 0 aromatic heterocycles. The van der Waals surface area contributed by atoms with Crippen molar-refractivity contribution in [1.82, 2.24) is 5.32 Å². The summed E-state index contributed by atoms with van der Waals surface area (Å²) in [6, 6.07) is 8.95. The van der Waals surface area contributed by atoms with E-state index in [1.54, 1.807) is 7.11 Å². The molecule has 1 heterocycles. The van der Waals surface area contributed by atoms with Crippen LogP contribution in [0.25, 0.3) is 0 Å². The number of nitrogens with one attached hydrogen (secondary N) is 1. The number of benzene rings is 1. The van der Waals surface area contributed by atoms with Gasteiger partial charge in [-0.2, -0.15) is 0 Å². The SMILES string of the molecule is COc1ccc(CCNC2CCCOCC2)cc1. The van der Waals surface area contributed by atoms with Gasteiger partial charge in [0.25, 0.3) is 0 Å². The molecule has 2 rings (SSSR count). The first-order chi connectivity index (χ1) is 8.88. The van der Waals surface area contributed by atoms with Crippen LogP contribution in [0.5, 0.6) is 5.75 Å². The summed E-state index contributed by atoms with van der Waals surface area (Å²) in [5, 5.41) is 3.63. The van der Waals surface area contributed by atoms with Crippen LogP contribution >= 0.6 is 0 Å². The molecule has 3 heteroatoms. The third kappa shape index (κ3) is 4.31. The van der Waals surface area contributed by atoms with E-state index in [0.29, 0.717) is 6.04 Å². The maximum Gasteiger partial charge on any atom is 0.118 e. The first kappa shape index (κ1) is 13.4. The Morgan fingerprint density at radius 3 is 2.83 bits per heavy atom. The van der Waals surface area contributed by atoms with Gasteiger partial charge in [0.05, 0.1) is 7.11 Å². The zero-order valence-electron chi connectivity index (χ0n) is 11.2. The maximum absolute atomic E-state index is 5.46. The predicted molar refractivity (Wildman–Crippen MR) is 73.2 cm³/mol. The highest BCUT2D eigenvalue weighted by Crippen LogP contribution is 2.12. The van der Waals surface area contributed by atoms with Crippen molar-refractivity contribution >= 4 is 0 Å². The summed E-state index contributed by atoms with van der Waals surface area (Å²) in [5.74, 6) is 0.924. The third-order valence-electron chi connectivity index (χ3n) is 3.46. The van der Waals surface area contributed by atoms with Gasteiger partial charge < -0.3 is 14.8 Å². The lowest BCUT2D eigenvalue weighted by Gasteiger charge is -2.15. The van der Waals surface area contributed by atoms with Crippen molar-refractivity contribution in [2.45, 2.75) is 31.7 Å². The molecule has 0 amide bonds. The van der Waals surface area contributed by atoms with E-state index in [1.165, 1.54) is 18.4 Å². The third-order valence-corrected chi connectivity index (χ3v) is 3.46. The lowest BCUT2D eigenvalue weighted by atomic mass is 10.1. The fraction of sp³-hybridized carbons (Fsp3) is 0.600. The highest BCUT2D eigenvalue weighted by Gasteiger charge is 2.10. The van der Waals surface area contributed by atoms with E-state index in [9.17, 15) is 0 Å². The van der Waals surface area contributed by atoms with Crippen molar-refractivity contribution < 1.29 is 9.47 Å². The van der Waals surface area contributed by atoms with Crippen molar-refractivity contribution in [3.63, 3.8) is 0 Å². The van der Waals surface area contributed by atoms with E-state index in [-0.39, 0.29) is 0 Å². The van der Waals surface area contributed by atoms with Crippen molar-refractivity contribution in [2.24, 2.45) is 0 Å². The van der Waals surface area contributed by atoms with Crippen molar-refractivity contribution in [1.29, 1.82) is 0 Å². The lowest BCUT2D eigenvalue weighted by Crippen LogP contribution is -2.31. The van der Waals surface area contributed by atoms with Crippen LogP contribution in [0, 0.1) is 0 Å². The molecule has 1 aliphatic rings. The standard InChI is InChI=1S/C15H23NO2/c1-17-15-6-4-13(5-7-15)8-10-16-14-3-2-11-18-12-9-14/h4-7,14,16H,2-3,8-12H2,1H3. The molecule has 1 aromatic carbocycles. The molecule has 1 aliphatic heterocycles. The summed E-state index contributed by atoms with van der Waals surface area (Å²) in [6.45, 7) is 2.87. The number of ether oxygens (including phenoxy) is 2. The van der Waals surface area contributed by atoms with Gasteiger partial charge in [0, 0.05) is 19.3 Å². The van der Waals surface area contributed by atoms with E-state index in [0.717, 1.165) is 38.3 Å². The predicted octanol–water partition coefficient (Wildman–Crippen LogP) is 2.40. The Balaban J connectivity index is 1.70. The summed E-state index contributed by atoms with van der Waals surface area (Å²) in [5.41, 5.74) is 1.35. The molecule has 0 saturated carbocycles. The average Bonchev–Trinajstić information content (AvgIpc) is 2.68. The van der Waals surface area contributed by atoms with Gasteiger partial charge in [-0.25, -0.2) is 0 Å². The molecule has 0 aliphatic carbocycles. The molecular formula is C15H23NO2. The Morgan fingerprint density at radius 1 is 1.22 bits per heavy atom. The summed E-state index contributed by atoms with van der Waals surface area (Å²) < 4.78 is 10.6. The molecule has 1 unspecified atom stereocenters. The van der Waals surface area contributed by atoms with Crippen LogP contribution in [0.4, 0.5) is 0 Å². The Bertz CT molecular complexity index is 329. The number of methoxy groups -OCH3 is 1. The first-order valence-corrected chi connectivity index (χ1v) is 6.82. The number of hydrogen-bond acceptors (Lipinski definition) is 3. The summed E-state index contributed by atoms with van der Waals surface area (Å²) in [7, 11) is 1.70. The second kappa shape index (κ2) is 7.39. The molecule has 0 spiro atoms. The summed E-state index contributed by atoms with van der Waals surface area (Å²) in [4.78, 5) is 0. The first-order valence-electron chi connectivity index (χ1n) is 6.82. The number of hydrogen-bond donors (Lipinski definition) is 1. The van der Waals surface area contributed by atoms with Gasteiger partial charge in [-0.3, -0.25) is 0 Å². The van der Waals surface area contributed by atoms with Crippen LogP contribution in [-0.4, -0.2) is 32.9 Å². The molecule has 1 atom stereocenters. The van der Waals surface area contributed by atoms with E-state index in [1.807, 2.05) is 12.1 Å².